The minimum Gasteiger partial charge on any atom is -0.369 e. The van der Waals surface area contributed by atoms with Crippen LogP contribution in [0.4, 0.5) is 4.39 Å². The molecule has 0 N–H and O–H groups in total. The molecule has 1 spiro atoms. The SMILES string of the molecule is O=C(C1CC(F)C1)N1CC[C@]2(CCC[C@H](CN3CCCC3)O2)C1. The highest BCUT2D eigenvalue weighted by molar-refractivity contribution is 5.80. The Balaban J connectivity index is 1.32. The second-order valence-electron chi connectivity index (χ2n) is 8.10. The molecule has 0 bridgehead atoms. The van der Waals surface area contributed by atoms with E-state index < -0.39 is 6.17 Å². The molecule has 3 aliphatic heterocycles. The molecule has 1 saturated carbocycles. The van der Waals surface area contributed by atoms with Gasteiger partial charge in [-0.15, -0.1) is 0 Å². The standard InChI is InChI=1S/C18H29FN2O2/c19-15-10-14(11-15)17(22)21-9-6-18(13-21)5-3-4-16(23-18)12-20-7-1-2-8-20/h14-16H,1-13H2/t14?,15?,16-,18-/m1/s1. The van der Waals surface area contributed by atoms with Gasteiger partial charge in [-0.05, 0) is 64.5 Å². The fourth-order valence-corrected chi connectivity index (χ4v) is 4.85. The van der Waals surface area contributed by atoms with Gasteiger partial charge in [-0.1, -0.05) is 0 Å². The van der Waals surface area contributed by atoms with Crippen molar-refractivity contribution in [2.45, 2.75) is 69.2 Å². The van der Waals surface area contributed by atoms with E-state index in [1.165, 1.54) is 32.4 Å². The van der Waals surface area contributed by atoms with Crippen LogP contribution in [0.5, 0.6) is 0 Å². The van der Waals surface area contributed by atoms with Crippen LogP contribution in [0.1, 0.15) is 51.4 Å². The molecule has 0 unspecified atom stereocenters. The lowest BCUT2D eigenvalue weighted by Crippen LogP contribution is -2.48. The largest absolute Gasteiger partial charge is 0.369 e. The Labute approximate surface area is 138 Å². The quantitative estimate of drug-likeness (QED) is 0.799. The Hall–Kier alpha value is -0.680. The van der Waals surface area contributed by atoms with E-state index in [9.17, 15) is 9.18 Å². The normalized spacial score (nSPS) is 41.4. The Morgan fingerprint density at radius 1 is 1.13 bits per heavy atom. The number of carbonyl (C=O) groups is 1. The third-order valence-electron chi connectivity index (χ3n) is 6.29. The van der Waals surface area contributed by atoms with E-state index in [0.717, 1.165) is 38.9 Å². The van der Waals surface area contributed by atoms with Gasteiger partial charge in [0.2, 0.25) is 5.91 Å². The number of hydrogen-bond acceptors (Lipinski definition) is 3. The van der Waals surface area contributed by atoms with Crippen LogP contribution in [0.25, 0.3) is 0 Å². The number of ether oxygens (including phenoxy) is 1. The molecule has 0 aromatic rings. The van der Waals surface area contributed by atoms with Crippen molar-refractivity contribution in [1.82, 2.24) is 9.80 Å². The van der Waals surface area contributed by atoms with E-state index in [-0.39, 0.29) is 17.4 Å². The number of carbonyl (C=O) groups excluding carboxylic acids is 1. The highest BCUT2D eigenvalue weighted by Gasteiger charge is 2.47. The molecule has 3 heterocycles. The van der Waals surface area contributed by atoms with Gasteiger partial charge in [0.15, 0.2) is 0 Å². The van der Waals surface area contributed by atoms with E-state index in [2.05, 4.69) is 4.90 Å². The molecule has 0 aromatic heterocycles. The molecule has 4 nitrogen and oxygen atoms in total. The molecule has 4 rings (SSSR count). The molecule has 2 atom stereocenters. The molecule has 0 radical (unpaired) electrons. The van der Waals surface area contributed by atoms with E-state index in [1.807, 2.05) is 4.90 Å². The van der Waals surface area contributed by atoms with Gasteiger partial charge >= 0.3 is 0 Å². The van der Waals surface area contributed by atoms with Gasteiger partial charge in [0.1, 0.15) is 6.17 Å². The molecule has 4 aliphatic rings. The van der Waals surface area contributed by atoms with Gasteiger partial charge in [-0.25, -0.2) is 4.39 Å². The van der Waals surface area contributed by atoms with Gasteiger partial charge in [0.05, 0.1) is 11.7 Å². The first-order valence-corrected chi connectivity index (χ1v) is 9.47. The van der Waals surface area contributed by atoms with Crippen LogP contribution >= 0.6 is 0 Å². The average molecular weight is 324 g/mol. The zero-order valence-electron chi connectivity index (χ0n) is 14.0. The maximum Gasteiger partial charge on any atom is 0.225 e. The van der Waals surface area contributed by atoms with E-state index in [4.69, 9.17) is 4.74 Å². The second-order valence-corrected chi connectivity index (χ2v) is 8.10. The van der Waals surface area contributed by atoms with Crippen LogP contribution < -0.4 is 0 Å². The van der Waals surface area contributed by atoms with Gasteiger partial charge < -0.3 is 14.5 Å². The maximum atomic E-state index is 13.0. The number of hydrogen-bond donors (Lipinski definition) is 0. The molecule has 1 aliphatic carbocycles. The van der Waals surface area contributed by atoms with Gasteiger partial charge in [0.25, 0.3) is 0 Å². The van der Waals surface area contributed by atoms with Crippen molar-refractivity contribution in [3.63, 3.8) is 0 Å². The van der Waals surface area contributed by atoms with Crippen molar-refractivity contribution in [2.75, 3.05) is 32.7 Å². The first-order valence-electron chi connectivity index (χ1n) is 9.47. The summed E-state index contributed by atoms with van der Waals surface area (Å²) < 4.78 is 19.5. The number of rotatable bonds is 3. The lowest BCUT2D eigenvalue weighted by Gasteiger charge is -2.40. The van der Waals surface area contributed by atoms with Crippen LogP contribution in [0.15, 0.2) is 0 Å². The Morgan fingerprint density at radius 3 is 2.65 bits per heavy atom. The Bertz CT molecular complexity index is 448. The number of amides is 1. The number of halogens is 1. The van der Waals surface area contributed by atoms with E-state index >= 15 is 0 Å². The van der Waals surface area contributed by atoms with Gasteiger partial charge in [-0.2, -0.15) is 0 Å². The minimum absolute atomic E-state index is 0.0656. The molecule has 0 aromatic carbocycles. The van der Waals surface area contributed by atoms with Gasteiger partial charge in [-0.3, -0.25) is 4.79 Å². The van der Waals surface area contributed by atoms with Crippen LogP contribution in [-0.4, -0.2) is 66.3 Å². The number of alkyl halides is 1. The summed E-state index contributed by atoms with van der Waals surface area (Å²) in [6, 6.07) is 0. The third kappa shape index (κ3) is 3.27. The predicted molar refractivity (Wildman–Crippen MR) is 85.9 cm³/mol. The molecular weight excluding hydrogens is 295 g/mol. The zero-order chi connectivity index (χ0) is 15.9. The fraction of sp³-hybridized carbons (Fsp3) is 0.944. The third-order valence-corrected chi connectivity index (χ3v) is 6.29. The summed E-state index contributed by atoms with van der Waals surface area (Å²) in [5.74, 6) is 0.102. The highest BCUT2D eigenvalue weighted by atomic mass is 19.1. The molecular formula is C18H29FN2O2. The zero-order valence-corrected chi connectivity index (χ0v) is 14.0. The summed E-state index contributed by atoms with van der Waals surface area (Å²) in [5.41, 5.74) is -0.114. The Morgan fingerprint density at radius 2 is 1.91 bits per heavy atom. The first-order chi connectivity index (χ1) is 11.1. The predicted octanol–water partition coefficient (Wildman–Crippen LogP) is 2.37. The lowest BCUT2D eigenvalue weighted by atomic mass is 9.82. The molecule has 130 valence electrons. The topological polar surface area (TPSA) is 32.8 Å². The summed E-state index contributed by atoms with van der Waals surface area (Å²) >= 11 is 0. The van der Waals surface area contributed by atoms with Crippen molar-refractivity contribution in [3.05, 3.63) is 0 Å². The minimum atomic E-state index is -0.753. The monoisotopic (exact) mass is 324 g/mol. The van der Waals surface area contributed by atoms with Crippen molar-refractivity contribution < 1.29 is 13.9 Å². The van der Waals surface area contributed by atoms with Crippen molar-refractivity contribution in [2.24, 2.45) is 5.92 Å². The number of nitrogens with zero attached hydrogens (tertiary/aromatic N) is 2. The van der Waals surface area contributed by atoms with Crippen LogP contribution in [0, 0.1) is 5.92 Å². The van der Waals surface area contributed by atoms with Gasteiger partial charge in [0, 0.05) is 25.6 Å². The molecule has 3 saturated heterocycles. The molecule has 5 heteroatoms. The van der Waals surface area contributed by atoms with E-state index in [0.29, 0.717) is 18.9 Å². The summed E-state index contributed by atoms with van der Waals surface area (Å²) in [7, 11) is 0. The molecule has 4 fully saturated rings. The molecule has 23 heavy (non-hydrogen) atoms. The van der Waals surface area contributed by atoms with Crippen molar-refractivity contribution >= 4 is 5.91 Å². The van der Waals surface area contributed by atoms with Crippen molar-refractivity contribution in [1.29, 1.82) is 0 Å². The Kier molecular flexibility index (Phi) is 4.35. The summed E-state index contributed by atoms with van der Waals surface area (Å²) in [5, 5.41) is 0. The highest BCUT2D eigenvalue weighted by Crippen LogP contribution is 2.39. The fourth-order valence-electron chi connectivity index (χ4n) is 4.85. The van der Waals surface area contributed by atoms with Crippen molar-refractivity contribution in [3.8, 4) is 0 Å². The lowest BCUT2D eigenvalue weighted by molar-refractivity contribution is -0.146. The van der Waals surface area contributed by atoms with E-state index in [1.54, 1.807) is 0 Å². The number of likely N-dealkylation sites (tertiary alicyclic amines) is 2. The summed E-state index contributed by atoms with van der Waals surface area (Å²) in [6.45, 7) is 5.01. The van der Waals surface area contributed by atoms with Crippen LogP contribution in [0.2, 0.25) is 0 Å². The molecule has 1 amide bonds. The average Bonchev–Trinajstić information content (AvgIpc) is 3.14. The first kappa shape index (κ1) is 15.8. The summed E-state index contributed by atoms with van der Waals surface area (Å²) in [4.78, 5) is 16.9. The smallest absolute Gasteiger partial charge is 0.225 e. The maximum absolute atomic E-state index is 13.0. The summed E-state index contributed by atoms with van der Waals surface area (Å²) in [6.07, 6.45) is 7.46. The van der Waals surface area contributed by atoms with Crippen LogP contribution in [-0.2, 0) is 9.53 Å². The second kappa shape index (κ2) is 6.32. The van der Waals surface area contributed by atoms with Crippen LogP contribution in [0.3, 0.4) is 0 Å².